The summed E-state index contributed by atoms with van der Waals surface area (Å²) < 4.78 is 5.40. The molecule has 3 nitrogen and oxygen atoms in total. The topological polar surface area (TPSA) is 33.3 Å². The van der Waals surface area contributed by atoms with E-state index in [1.54, 1.807) is 0 Å². The predicted octanol–water partition coefficient (Wildman–Crippen LogP) is 1.31. The molecular formula is C12H24N2O. The van der Waals surface area contributed by atoms with Crippen LogP contribution < -0.4 is 10.6 Å². The van der Waals surface area contributed by atoms with Crippen LogP contribution in [0.25, 0.3) is 0 Å². The van der Waals surface area contributed by atoms with Crippen molar-refractivity contribution in [2.45, 2.75) is 32.2 Å². The van der Waals surface area contributed by atoms with Gasteiger partial charge in [-0.2, -0.15) is 0 Å². The summed E-state index contributed by atoms with van der Waals surface area (Å²) in [6, 6.07) is 0.667. The van der Waals surface area contributed by atoms with Crippen molar-refractivity contribution in [3.05, 3.63) is 12.2 Å². The molecule has 0 saturated carbocycles. The van der Waals surface area contributed by atoms with Gasteiger partial charge in [-0.05, 0) is 26.3 Å². The quantitative estimate of drug-likeness (QED) is 0.493. The number of hydrogen-bond acceptors (Lipinski definition) is 3. The lowest BCUT2D eigenvalue weighted by Crippen LogP contribution is -2.42. The summed E-state index contributed by atoms with van der Waals surface area (Å²) in [5.41, 5.74) is 1.09. The van der Waals surface area contributed by atoms with Crippen LogP contribution in [-0.2, 0) is 4.74 Å². The van der Waals surface area contributed by atoms with Crippen LogP contribution in [0.1, 0.15) is 26.2 Å². The first-order chi connectivity index (χ1) is 7.29. The second-order valence-electron chi connectivity index (χ2n) is 4.36. The fourth-order valence-corrected chi connectivity index (χ4v) is 1.77. The van der Waals surface area contributed by atoms with Crippen molar-refractivity contribution in [3.63, 3.8) is 0 Å². The van der Waals surface area contributed by atoms with Gasteiger partial charge in [-0.1, -0.05) is 18.6 Å². The van der Waals surface area contributed by atoms with Gasteiger partial charge in [-0.15, -0.1) is 0 Å². The first-order valence-electron chi connectivity index (χ1n) is 5.95. The van der Waals surface area contributed by atoms with Gasteiger partial charge in [0.15, 0.2) is 0 Å². The molecule has 0 bridgehead atoms. The average molecular weight is 212 g/mol. The average Bonchev–Trinajstić information content (AvgIpc) is 2.24. The zero-order valence-corrected chi connectivity index (χ0v) is 9.85. The highest BCUT2D eigenvalue weighted by Gasteiger charge is 2.10. The Balaban J connectivity index is 1.85. The van der Waals surface area contributed by atoms with Crippen molar-refractivity contribution in [1.29, 1.82) is 0 Å². The zero-order valence-electron chi connectivity index (χ0n) is 9.85. The standard InChI is InChI=1S/C12H24N2O/c1-11(2)10-15-8-7-13-9-12-5-3-4-6-14-12/h12-14H,1,3-10H2,2H3. The molecule has 0 aromatic carbocycles. The monoisotopic (exact) mass is 212 g/mol. The van der Waals surface area contributed by atoms with Crippen LogP contribution >= 0.6 is 0 Å². The summed E-state index contributed by atoms with van der Waals surface area (Å²) in [6.07, 6.45) is 4.00. The Bertz CT molecular complexity index is 176. The van der Waals surface area contributed by atoms with Gasteiger partial charge in [0.25, 0.3) is 0 Å². The predicted molar refractivity (Wildman–Crippen MR) is 64.1 cm³/mol. The lowest BCUT2D eigenvalue weighted by atomic mass is 10.1. The third-order valence-electron chi connectivity index (χ3n) is 2.57. The van der Waals surface area contributed by atoms with Gasteiger partial charge in [0.1, 0.15) is 0 Å². The third-order valence-corrected chi connectivity index (χ3v) is 2.57. The first kappa shape index (κ1) is 12.7. The second-order valence-corrected chi connectivity index (χ2v) is 4.36. The Morgan fingerprint density at radius 3 is 3.07 bits per heavy atom. The van der Waals surface area contributed by atoms with E-state index in [-0.39, 0.29) is 0 Å². The smallest absolute Gasteiger partial charge is 0.0672 e. The van der Waals surface area contributed by atoms with E-state index < -0.39 is 0 Å². The number of nitrogens with one attached hydrogen (secondary N) is 2. The molecular weight excluding hydrogens is 188 g/mol. The van der Waals surface area contributed by atoms with Gasteiger partial charge in [-0.3, -0.25) is 0 Å². The molecule has 1 saturated heterocycles. The van der Waals surface area contributed by atoms with Crippen LogP contribution in [-0.4, -0.2) is 38.9 Å². The second kappa shape index (κ2) is 7.85. The number of rotatable bonds is 7. The SMILES string of the molecule is C=C(C)COCCNCC1CCCCN1. The molecule has 0 amide bonds. The van der Waals surface area contributed by atoms with E-state index in [4.69, 9.17) is 4.74 Å². The summed E-state index contributed by atoms with van der Waals surface area (Å²) in [6.45, 7) is 10.4. The molecule has 0 radical (unpaired) electrons. The largest absolute Gasteiger partial charge is 0.376 e. The van der Waals surface area contributed by atoms with E-state index in [1.807, 2.05) is 6.92 Å². The number of ether oxygens (including phenoxy) is 1. The van der Waals surface area contributed by atoms with Gasteiger partial charge in [0.2, 0.25) is 0 Å². The van der Waals surface area contributed by atoms with Crippen LogP contribution in [0.3, 0.4) is 0 Å². The Hall–Kier alpha value is -0.380. The zero-order chi connectivity index (χ0) is 10.9. The van der Waals surface area contributed by atoms with E-state index in [0.717, 1.165) is 25.3 Å². The van der Waals surface area contributed by atoms with E-state index in [9.17, 15) is 0 Å². The summed E-state index contributed by atoms with van der Waals surface area (Å²) >= 11 is 0. The number of hydrogen-bond donors (Lipinski definition) is 2. The molecule has 0 aliphatic carbocycles. The molecule has 1 unspecified atom stereocenters. The maximum absolute atomic E-state index is 5.40. The molecule has 0 aromatic heterocycles. The molecule has 15 heavy (non-hydrogen) atoms. The van der Waals surface area contributed by atoms with Crippen LogP contribution in [0.5, 0.6) is 0 Å². The van der Waals surface area contributed by atoms with Crippen molar-refractivity contribution >= 4 is 0 Å². The van der Waals surface area contributed by atoms with E-state index >= 15 is 0 Å². The molecule has 0 aromatic rings. The van der Waals surface area contributed by atoms with Crippen LogP contribution in [0, 0.1) is 0 Å². The summed E-state index contributed by atoms with van der Waals surface area (Å²) in [4.78, 5) is 0. The highest BCUT2D eigenvalue weighted by molar-refractivity contribution is 4.87. The molecule has 1 aliphatic heterocycles. The highest BCUT2D eigenvalue weighted by Crippen LogP contribution is 2.05. The lowest BCUT2D eigenvalue weighted by molar-refractivity contribution is 0.157. The summed E-state index contributed by atoms with van der Waals surface area (Å²) in [5.74, 6) is 0. The van der Waals surface area contributed by atoms with E-state index in [1.165, 1.54) is 25.8 Å². The number of piperidine rings is 1. The Kier molecular flexibility index (Phi) is 6.64. The lowest BCUT2D eigenvalue weighted by Gasteiger charge is -2.23. The minimum absolute atomic E-state index is 0.667. The van der Waals surface area contributed by atoms with Gasteiger partial charge in [-0.25, -0.2) is 0 Å². The van der Waals surface area contributed by atoms with E-state index in [0.29, 0.717) is 12.6 Å². The summed E-state index contributed by atoms with van der Waals surface area (Å²) in [5, 5.41) is 6.92. The molecule has 1 heterocycles. The van der Waals surface area contributed by atoms with Crippen molar-refractivity contribution in [3.8, 4) is 0 Å². The van der Waals surface area contributed by atoms with Crippen molar-refractivity contribution in [1.82, 2.24) is 10.6 Å². The van der Waals surface area contributed by atoms with Crippen molar-refractivity contribution in [2.75, 3.05) is 32.8 Å². The minimum atomic E-state index is 0.667. The van der Waals surface area contributed by atoms with Crippen LogP contribution in [0.4, 0.5) is 0 Å². The van der Waals surface area contributed by atoms with Gasteiger partial charge >= 0.3 is 0 Å². The van der Waals surface area contributed by atoms with Gasteiger partial charge in [0, 0.05) is 19.1 Å². The molecule has 0 spiro atoms. The summed E-state index contributed by atoms with van der Waals surface area (Å²) in [7, 11) is 0. The normalized spacial score (nSPS) is 21.5. The third kappa shape index (κ3) is 6.66. The maximum Gasteiger partial charge on any atom is 0.0672 e. The van der Waals surface area contributed by atoms with Gasteiger partial charge in [0.05, 0.1) is 13.2 Å². The fourth-order valence-electron chi connectivity index (χ4n) is 1.77. The first-order valence-corrected chi connectivity index (χ1v) is 5.95. The molecule has 88 valence electrons. The Labute approximate surface area is 93.3 Å². The fraction of sp³-hybridized carbons (Fsp3) is 0.833. The van der Waals surface area contributed by atoms with Gasteiger partial charge < -0.3 is 15.4 Å². The Morgan fingerprint density at radius 2 is 2.40 bits per heavy atom. The minimum Gasteiger partial charge on any atom is -0.376 e. The molecule has 1 rings (SSSR count). The molecule has 1 atom stereocenters. The molecule has 1 aliphatic rings. The van der Waals surface area contributed by atoms with E-state index in [2.05, 4.69) is 17.2 Å². The van der Waals surface area contributed by atoms with Crippen molar-refractivity contribution in [2.24, 2.45) is 0 Å². The van der Waals surface area contributed by atoms with Crippen LogP contribution in [0.2, 0.25) is 0 Å². The van der Waals surface area contributed by atoms with Crippen LogP contribution in [0.15, 0.2) is 12.2 Å². The maximum atomic E-state index is 5.40. The highest BCUT2D eigenvalue weighted by atomic mass is 16.5. The molecule has 2 N–H and O–H groups in total. The Morgan fingerprint density at radius 1 is 1.53 bits per heavy atom. The molecule has 3 heteroatoms. The van der Waals surface area contributed by atoms with Crippen molar-refractivity contribution < 1.29 is 4.74 Å². The molecule has 1 fully saturated rings.